The number of benzene rings is 1. The molecule has 0 spiro atoms. The van der Waals surface area contributed by atoms with E-state index in [-0.39, 0.29) is 23.9 Å². The van der Waals surface area contributed by atoms with Gasteiger partial charge in [0.25, 0.3) is 5.91 Å². The Morgan fingerprint density at radius 2 is 1.95 bits per heavy atom. The number of amides is 2. The molecule has 0 saturated heterocycles. The highest BCUT2D eigenvalue weighted by Gasteiger charge is 2.29. The summed E-state index contributed by atoms with van der Waals surface area (Å²) in [5.41, 5.74) is -0.0112. The van der Waals surface area contributed by atoms with E-state index >= 15 is 0 Å². The number of nitrogens with one attached hydrogen (secondary N) is 2. The van der Waals surface area contributed by atoms with Crippen LogP contribution in [0, 0.1) is 11.7 Å². The zero-order chi connectivity index (χ0) is 13.8. The third-order valence-corrected chi connectivity index (χ3v) is 3.32. The lowest BCUT2D eigenvalue weighted by molar-refractivity contribution is -0.122. The largest absolute Gasteiger partial charge is 0.354 e. The maximum absolute atomic E-state index is 13.4. The second-order valence-corrected chi connectivity index (χ2v) is 5.36. The van der Waals surface area contributed by atoms with Crippen LogP contribution in [0.25, 0.3) is 0 Å². The van der Waals surface area contributed by atoms with Crippen LogP contribution < -0.4 is 10.6 Å². The van der Waals surface area contributed by atoms with E-state index < -0.39 is 11.7 Å². The van der Waals surface area contributed by atoms with Gasteiger partial charge in [-0.3, -0.25) is 9.59 Å². The van der Waals surface area contributed by atoms with Gasteiger partial charge in [-0.15, -0.1) is 0 Å². The molecule has 0 atom stereocenters. The van der Waals surface area contributed by atoms with E-state index in [1.807, 2.05) is 0 Å². The van der Waals surface area contributed by atoms with Crippen LogP contribution in [0.4, 0.5) is 4.39 Å². The number of rotatable bonds is 5. The molecule has 1 fully saturated rings. The average Bonchev–Trinajstić information content (AvgIpc) is 3.21. The quantitative estimate of drug-likeness (QED) is 0.810. The molecule has 1 aliphatic rings. The van der Waals surface area contributed by atoms with Gasteiger partial charge in [0, 0.05) is 23.5 Å². The molecule has 0 aromatic heterocycles. The molecule has 0 unspecified atom stereocenters. The lowest BCUT2D eigenvalue weighted by atomic mass is 10.2. The summed E-state index contributed by atoms with van der Waals surface area (Å²) in [7, 11) is 0. The number of halogens is 2. The Morgan fingerprint density at radius 1 is 1.26 bits per heavy atom. The van der Waals surface area contributed by atoms with Gasteiger partial charge in [0.05, 0.1) is 5.56 Å². The molecule has 6 heteroatoms. The Balaban J connectivity index is 1.77. The van der Waals surface area contributed by atoms with Gasteiger partial charge in [0.1, 0.15) is 5.82 Å². The van der Waals surface area contributed by atoms with Gasteiger partial charge in [0.15, 0.2) is 0 Å². The molecule has 19 heavy (non-hydrogen) atoms. The highest BCUT2D eigenvalue weighted by atomic mass is 79.9. The summed E-state index contributed by atoms with van der Waals surface area (Å²) in [5.74, 6) is -0.872. The van der Waals surface area contributed by atoms with E-state index in [1.165, 1.54) is 18.2 Å². The van der Waals surface area contributed by atoms with Crippen molar-refractivity contribution in [2.24, 2.45) is 5.92 Å². The minimum Gasteiger partial charge on any atom is -0.354 e. The Hall–Kier alpha value is -1.43. The first-order valence-corrected chi connectivity index (χ1v) is 6.88. The summed E-state index contributed by atoms with van der Waals surface area (Å²) in [6.45, 7) is 0.639. The van der Waals surface area contributed by atoms with E-state index in [9.17, 15) is 14.0 Å². The van der Waals surface area contributed by atoms with E-state index in [0.717, 1.165) is 12.8 Å². The highest BCUT2D eigenvalue weighted by Crippen LogP contribution is 2.28. The van der Waals surface area contributed by atoms with Gasteiger partial charge in [-0.1, -0.05) is 15.9 Å². The molecule has 1 aliphatic carbocycles. The number of carbonyl (C=O) groups excluding carboxylic acids is 2. The van der Waals surface area contributed by atoms with E-state index in [0.29, 0.717) is 11.0 Å². The molecule has 0 bridgehead atoms. The lowest BCUT2D eigenvalue weighted by Crippen LogP contribution is -2.35. The van der Waals surface area contributed by atoms with Crippen molar-refractivity contribution in [1.82, 2.24) is 10.6 Å². The predicted octanol–water partition coefficient (Wildman–Crippen LogP) is 1.84. The maximum atomic E-state index is 13.4. The van der Waals surface area contributed by atoms with Crippen LogP contribution in [0.15, 0.2) is 22.7 Å². The Morgan fingerprint density at radius 3 is 2.63 bits per heavy atom. The van der Waals surface area contributed by atoms with Crippen LogP contribution in [0.3, 0.4) is 0 Å². The van der Waals surface area contributed by atoms with Crippen LogP contribution in [-0.2, 0) is 4.79 Å². The summed E-state index contributed by atoms with van der Waals surface area (Å²) in [6.07, 6.45) is 1.89. The van der Waals surface area contributed by atoms with Gasteiger partial charge in [-0.05, 0) is 31.0 Å². The molecule has 102 valence electrons. The molecular weight excluding hydrogens is 315 g/mol. The second-order valence-electron chi connectivity index (χ2n) is 4.45. The first-order chi connectivity index (χ1) is 9.08. The minimum absolute atomic E-state index is 0.0112. The van der Waals surface area contributed by atoms with Gasteiger partial charge in [-0.25, -0.2) is 4.39 Å². The van der Waals surface area contributed by atoms with Gasteiger partial charge >= 0.3 is 0 Å². The lowest BCUT2D eigenvalue weighted by Gasteiger charge is -2.07. The fourth-order valence-corrected chi connectivity index (χ4v) is 1.98. The third kappa shape index (κ3) is 4.02. The smallest absolute Gasteiger partial charge is 0.254 e. The molecule has 2 N–H and O–H groups in total. The third-order valence-electron chi connectivity index (χ3n) is 2.83. The number of carbonyl (C=O) groups is 2. The number of hydrogen-bond donors (Lipinski definition) is 2. The summed E-state index contributed by atoms with van der Waals surface area (Å²) in [6, 6.07) is 4.18. The van der Waals surface area contributed by atoms with E-state index in [2.05, 4.69) is 26.6 Å². The van der Waals surface area contributed by atoms with Crippen molar-refractivity contribution in [3.63, 3.8) is 0 Å². The van der Waals surface area contributed by atoms with Gasteiger partial charge in [-0.2, -0.15) is 0 Å². The number of hydrogen-bond acceptors (Lipinski definition) is 2. The second kappa shape index (κ2) is 6.14. The monoisotopic (exact) mass is 328 g/mol. The van der Waals surface area contributed by atoms with Crippen LogP contribution >= 0.6 is 15.9 Å². The molecule has 0 aliphatic heterocycles. The fourth-order valence-electron chi connectivity index (χ4n) is 1.62. The molecular formula is C13H14BrFN2O2. The standard InChI is InChI=1S/C13H14BrFN2O2/c14-9-3-4-11(15)10(7-9)13(19)17-6-5-16-12(18)8-1-2-8/h3-4,7-8H,1-2,5-6H2,(H,16,18)(H,17,19). The van der Waals surface area contributed by atoms with Crippen molar-refractivity contribution in [1.29, 1.82) is 0 Å². The summed E-state index contributed by atoms with van der Waals surface area (Å²) < 4.78 is 14.1. The fraction of sp³-hybridized carbons (Fsp3) is 0.385. The highest BCUT2D eigenvalue weighted by molar-refractivity contribution is 9.10. The van der Waals surface area contributed by atoms with Crippen molar-refractivity contribution in [2.75, 3.05) is 13.1 Å². The predicted molar refractivity (Wildman–Crippen MR) is 72.2 cm³/mol. The van der Waals surface area contributed by atoms with Crippen LogP contribution in [0.2, 0.25) is 0 Å². The molecule has 1 saturated carbocycles. The molecule has 2 amide bonds. The van der Waals surface area contributed by atoms with Gasteiger partial charge < -0.3 is 10.6 Å². The van der Waals surface area contributed by atoms with Crippen LogP contribution in [0.5, 0.6) is 0 Å². The Bertz CT molecular complexity index is 503. The van der Waals surface area contributed by atoms with E-state index in [4.69, 9.17) is 0 Å². The summed E-state index contributed by atoms with van der Waals surface area (Å²) in [5, 5.41) is 5.29. The van der Waals surface area contributed by atoms with Crippen molar-refractivity contribution < 1.29 is 14.0 Å². The van der Waals surface area contributed by atoms with Crippen molar-refractivity contribution in [3.05, 3.63) is 34.1 Å². The SMILES string of the molecule is O=C(NCCNC(=O)C1CC1)c1cc(Br)ccc1F. The normalized spacial score (nSPS) is 14.0. The molecule has 2 rings (SSSR count). The summed E-state index contributed by atoms with van der Waals surface area (Å²) in [4.78, 5) is 23.1. The van der Waals surface area contributed by atoms with Crippen molar-refractivity contribution in [2.45, 2.75) is 12.8 Å². The van der Waals surface area contributed by atoms with Crippen LogP contribution in [-0.4, -0.2) is 24.9 Å². The van der Waals surface area contributed by atoms with Crippen molar-refractivity contribution >= 4 is 27.7 Å². The zero-order valence-electron chi connectivity index (χ0n) is 10.2. The van der Waals surface area contributed by atoms with Crippen molar-refractivity contribution in [3.8, 4) is 0 Å². The minimum atomic E-state index is -0.567. The summed E-state index contributed by atoms with van der Waals surface area (Å²) >= 11 is 3.18. The molecule has 0 heterocycles. The zero-order valence-corrected chi connectivity index (χ0v) is 11.8. The van der Waals surface area contributed by atoms with Gasteiger partial charge in [0.2, 0.25) is 5.91 Å². The first-order valence-electron chi connectivity index (χ1n) is 6.09. The molecule has 1 aromatic carbocycles. The molecule has 1 aromatic rings. The Kier molecular flexibility index (Phi) is 4.52. The first kappa shape index (κ1) is 14.0. The Labute approximate surface area is 118 Å². The average molecular weight is 329 g/mol. The molecule has 4 nitrogen and oxygen atoms in total. The van der Waals surface area contributed by atoms with Crippen LogP contribution in [0.1, 0.15) is 23.2 Å². The molecule has 0 radical (unpaired) electrons. The topological polar surface area (TPSA) is 58.2 Å². The van der Waals surface area contributed by atoms with E-state index in [1.54, 1.807) is 0 Å². The maximum Gasteiger partial charge on any atom is 0.254 e.